The van der Waals surface area contributed by atoms with Crippen LogP contribution in [0.2, 0.25) is 0 Å². The fourth-order valence-corrected chi connectivity index (χ4v) is 2.97. The van der Waals surface area contributed by atoms with Crippen molar-refractivity contribution in [1.82, 2.24) is 5.32 Å². The van der Waals surface area contributed by atoms with Crippen LogP contribution in [0.5, 0.6) is 5.75 Å². The van der Waals surface area contributed by atoms with E-state index < -0.39 is 0 Å². The SMILES string of the molecule is CNC(c1ccccc1)C(C)Cc1cc(C)ccc1OC. The first kappa shape index (κ1) is 15.6. The van der Waals surface area contributed by atoms with Crippen LogP contribution in [0.15, 0.2) is 48.5 Å². The number of ether oxygens (including phenoxy) is 1. The van der Waals surface area contributed by atoms with E-state index in [1.807, 2.05) is 7.05 Å². The lowest BCUT2D eigenvalue weighted by Crippen LogP contribution is -2.25. The van der Waals surface area contributed by atoms with Gasteiger partial charge in [0.25, 0.3) is 0 Å². The third-order valence-corrected chi connectivity index (χ3v) is 4.02. The van der Waals surface area contributed by atoms with Gasteiger partial charge >= 0.3 is 0 Å². The Morgan fingerprint density at radius 2 is 1.81 bits per heavy atom. The summed E-state index contributed by atoms with van der Waals surface area (Å²) in [5.41, 5.74) is 3.89. The molecule has 0 fully saturated rings. The Bertz CT molecular complexity index is 565. The lowest BCUT2D eigenvalue weighted by Gasteiger charge is -2.25. The number of aryl methyl sites for hydroxylation is 1. The second kappa shape index (κ2) is 7.28. The van der Waals surface area contributed by atoms with Gasteiger partial charge in [-0.25, -0.2) is 0 Å². The first-order valence-corrected chi connectivity index (χ1v) is 7.51. The molecule has 1 N–H and O–H groups in total. The second-order valence-corrected chi connectivity index (χ2v) is 5.67. The summed E-state index contributed by atoms with van der Waals surface area (Å²) in [5, 5.41) is 3.45. The first-order chi connectivity index (χ1) is 10.2. The smallest absolute Gasteiger partial charge is 0.122 e. The Kier molecular flexibility index (Phi) is 5.40. The summed E-state index contributed by atoms with van der Waals surface area (Å²) < 4.78 is 5.50. The molecule has 2 nitrogen and oxygen atoms in total. The van der Waals surface area contributed by atoms with Crippen molar-refractivity contribution in [3.05, 3.63) is 65.2 Å². The molecule has 2 rings (SSSR count). The maximum Gasteiger partial charge on any atom is 0.122 e. The largest absolute Gasteiger partial charge is 0.496 e. The molecule has 0 radical (unpaired) electrons. The van der Waals surface area contributed by atoms with E-state index in [-0.39, 0.29) is 0 Å². The van der Waals surface area contributed by atoms with Crippen molar-refractivity contribution in [3.63, 3.8) is 0 Å². The highest BCUT2D eigenvalue weighted by molar-refractivity contribution is 5.37. The predicted molar refractivity (Wildman–Crippen MR) is 88.8 cm³/mol. The summed E-state index contributed by atoms with van der Waals surface area (Å²) in [4.78, 5) is 0. The molecule has 0 saturated carbocycles. The Morgan fingerprint density at radius 1 is 1.10 bits per heavy atom. The number of rotatable bonds is 6. The average molecular weight is 283 g/mol. The molecule has 0 bridgehead atoms. The minimum atomic E-state index is 0.344. The molecule has 0 saturated heterocycles. The van der Waals surface area contributed by atoms with Crippen LogP contribution < -0.4 is 10.1 Å². The summed E-state index contributed by atoms with van der Waals surface area (Å²) in [6.07, 6.45) is 0.991. The number of benzene rings is 2. The highest BCUT2D eigenvalue weighted by Crippen LogP contribution is 2.29. The van der Waals surface area contributed by atoms with Gasteiger partial charge in [-0.3, -0.25) is 0 Å². The number of methoxy groups -OCH3 is 1. The minimum absolute atomic E-state index is 0.344. The zero-order valence-electron chi connectivity index (χ0n) is 13.4. The van der Waals surface area contributed by atoms with E-state index in [4.69, 9.17) is 4.74 Å². The van der Waals surface area contributed by atoms with Gasteiger partial charge in [-0.2, -0.15) is 0 Å². The standard InChI is InChI=1S/C19H25NO/c1-14-10-11-18(21-4)17(12-14)13-15(2)19(20-3)16-8-6-5-7-9-16/h5-12,15,19-20H,13H2,1-4H3. The van der Waals surface area contributed by atoms with Crippen LogP contribution in [0, 0.1) is 12.8 Å². The molecule has 2 atom stereocenters. The predicted octanol–water partition coefficient (Wildman–Crippen LogP) is 4.14. The van der Waals surface area contributed by atoms with Crippen LogP contribution in [-0.4, -0.2) is 14.2 Å². The zero-order valence-corrected chi connectivity index (χ0v) is 13.4. The van der Waals surface area contributed by atoms with Crippen LogP contribution in [0.25, 0.3) is 0 Å². The van der Waals surface area contributed by atoms with Crippen LogP contribution in [-0.2, 0) is 6.42 Å². The Hall–Kier alpha value is -1.80. The molecule has 2 aromatic carbocycles. The van der Waals surface area contributed by atoms with E-state index in [1.165, 1.54) is 16.7 Å². The highest BCUT2D eigenvalue weighted by atomic mass is 16.5. The van der Waals surface area contributed by atoms with Gasteiger partial charge in [0.2, 0.25) is 0 Å². The highest BCUT2D eigenvalue weighted by Gasteiger charge is 2.19. The lowest BCUT2D eigenvalue weighted by molar-refractivity contribution is 0.384. The lowest BCUT2D eigenvalue weighted by atomic mass is 9.88. The van der Waals surface area contributed by atoms with E-state index in [9.17, 15) is 0 Å². The minimum Gasteiger partial charge on any atom is -0.496 e. The van der Waals surface area contributed by atoms with Crippen molar-refractivity contribution in [2.45, 2.75) is 26.3 Å². The van der Waals surface area contributed by atoms with E-state index >= 15 is 0 Å². The topological polar surface area (TPSA) is 21.3 Å². The fraction of sp³-hybridized carbons (Fsp3) is 0.368. The monoisotopic (exact) mass is 283 g/mol. The molecule has 0 amide bonds. The molecule has 0 aliphatic heterocycles. The van der Waals surface area contributed by atoms with Crippen molar-refractivity contribution in [3.8, 4) is 5.75 Å². The van der Waals surface area contributed by atoms with Gasteiger partial charge in [-0.15, -0.1) is 0 Å². The van der Waals surface area contributed by atoms with Gasteiger partial charge in [0.1, 0.15) is 5.75 Å². The van der Waals surface area contributed by atoms with E-state index in [0.29, 0.717) is 12.0 Å². The molecule has 2 heteroatoms. The molecule has 0 aliphatic rings. The molecular weight excluding hydrogens is 258 g/mol. The Balaban J connectivity index is 2.20. The van der Waals surface area contributed by atoms with Crippen LogP contribution in [0.4, 0.5) is 0 Å². The van der Waals surface area contributed by atoms with E-state index in [1.54, 1.807) is 7.11 Å². The summed E-state index contributed by atoms with van der Waals surface area (Å²) in [6.45, 7) is 4.41. The molecule has 0 aliphatic carbocycles. The van der Waals surface area contributed by atoms with Crippen molar-refractivity contribution in [2.24, 2.45) is 5.92 Å². The fourth-order valence-electron chi connectivity index (χ4n) is 2.97. The molecule has 0 aromatic heterocycles. The maximum atomic E-state index is 5.50. The molecular formula is C19H25NO. The molecule has 0 heterocycles. The number of hydrogen-bond donors (Lipinski definition) is 1. The number of hydrogen-bond acceptors (Lipinski definition) is 2. The van der Waals surface area contributed by atoms with Crippen molar-refractivity contribution >= 4 is 0 Å². The van der Waals surface area contributed by atoms with Crippen molar-refractivity contribution in [1.29, 1.82) is 0 Å². The molecule has 0 spiro atoms. The van der Waals surface area contributed by atoms with Gasteiger partial charge in [0.05, 0.1) is 7.11 Å². The Morgan fingerprint density at radius 3 is 2.43 bits per heavy atom. The third-order valence-electron chi connectivity index (χ3n) is 4.02. The zero-order chi connectivity index (χ0) is 15.2. The second-order valence-electron chi connectivity index (χ2n) is 5.67. The quantitative estimate of drug-likeness (QED) is 0.860. The summed E-state index contributed by atoms with van der Waals surface area (Å²) in [7, 11) is 3.77. The molecule has 21 heavy (non-hydrogen) atoms. The Labute approximate surface area is 128 Å². The maximum absolute atomic E-state index is 5.50. The van der Waals surface area contributed by atoms with E-state index in [0.717, 1.165) is 12.2 Å². The van der Waals surface area contributed by atoms with Crippen LogP contribution >= 0.6 is 0 Å². The van der Waals surface area contributed by atoms with Gasteiger partial charge < -0.3 is 10.1 Å². The molecule has 2 aromatic rings. The molecule has 112 valence electrons. The van der Waals surface area contributed by atoms with E-state index in [2.05, 4.69) is 67.7 Å². The first-order valence-electron chi connectivity index (χ1n) is 7.51. The van der Waals surface area contributed by atoms with Crippen molar-refractivity contribution in [2.75, 3.05) is 14.2 Å². The number of nitrogens with one attached hydrogen (secondary N) is 1. The van der Waals surface area contributed by atoms with Gasteiger partial charge in [0, 0.05) is 6.04 Å². The normalized spacial score (nSPS) is 13.7. The van der Waals surface area contributed by atoms with Gasteiger partial charge in [-0.05, 0) is 43.5 Å². The summed E-state index contributed by atoms with van der Waals surface area (Å²) in [5.74, 6) is 1.46. The van der Waals surface area contributed by atoms with Crippen molar-refractivity contribution < 1.29 is 4.74 Å². The van der Waals surface area contributed by atoms with Crippen LogP contribution in [0.1, 0.15) is 29.7 Å². The summed E-state index contributed by atoms with van der Waals surface area (Å²) >= 11 is 0. The molecule has 2 unspecified atom stereocenters. The van der Waals surface area contributed by atoms with Gasteiger partial charge in [0.15, 0.2) is 0 Å². The average Bonchev–Trinajstić information content (AvgIpc) is 2.49. The van der Waals surface area contributed by atoms with Gasteiger partial charge in [-0.1, -0.05) is 55.0 Å². The summed E-state index contributed by atoms with van der Waals surface area (Å²) in [6, 6.07) is 17.4. The van der Waals surface area contributed by atoms with Crippen LogP contribution in [0.3, 0.4) is 0 Å². The third kappa shape index (κ3) is 3.85.